The first-order chi connectivity index (χ1) is 7.00. The quantitative estimate of drug-likeness (QED) is 0.711. The zero-order valence-corrected chi connectivity index (χ0v) is 8.57. The summed E-state index contributed by atoms with van der Waals surface area (Å²) in [5, 5.41) is 5.03. The summed E-state index contributed by atoms with van der Waals surface area (Å²) in [6, 6.07) is 3.08. The average molecular weight is 227 g/mol. The van der Waals surface area contributed by atoms with Crippen LogP contribution in [0.3, 0.4) is 0 Å². The molecule has 0 aliphatic carbocycles. The van der Waals surface area contributed by atoms with E-state index in [2.05, 4.69) is 4.98 Å². The van der Waals surface area contributed by atoms with Crippen LogP contribution in [0.2, 0.25) is 0 Å². The first-order valence-corrected chi connectivity index (χ1v) is 5.79. The number of carbonyl (C=O) groups is 1. The van der Waals surface area contributed by atoms with Gasteiger partial charge in [0.1, 0.15) is 5.69 Å². The molecule has 0 atom stereocenters. The van der Waals surface area contributed by atoms with Gasteiger partial charge in [-0.25, -0.2) is 5.14 Å². The Bertz CT molecular complexity index is 512. The van der Waals surface area contributed by atoms with Gasteiger partial charge in [0.25, 0.3) is 10.2 Å². The Kier molecular flexibility index (Phi) is 2.20. The predicted molar refractivity (Wildman–Crippen MR) is 53.6 cm³/mol. The van der Waals surface area contributed by atoms with Crippen molar-refractivity contribution in [1.82, 2.24) is 4.98 Å². The summed E-state index contributed by atoms with van der Waals surface area (Å²) in [4.78, 5) is 15.3. The number of ketones is 1. The maximum Gasteiger partial charge on any atom is 0.299 e. The fourth-order valence-corrected chi connectivity index (χ4v) is 2.29. The summed E-state index contributed by atoms with van der Waals surface area (Å²) in [6.07, 6.45) is 1.56. The third kappa shape index (κ3) is 1.71. The Hall–Kier alpha value is -1.47. The van der Waals surface area contributed by atoms with Crippen molar-refractivity contribution in [2.24, 2.45) is 5.14 Å². The van der Waals surface area contributed by atoms with Crippen LogP contribution in [0.1, 0.15) is 16.9 Å². The molecule has 2 rings (SSSR count). The van der Waals surface area contributed by atoms with E-state index in [-0.39, 0.29) is 30.1 Å². The van der Waals surface area contributed by atoms with E-state index in [4.69, 9.17) is 5.14 Å². The van der Waals surface area contributed by atoms with E-state index in [1.54, 1.807) is 6.07 Å². The van der Waals surface area contributed by atoms with Crippen LogP contribution in [0.4, 0.5) is 5.69 Å². The first kappa shape index (κ1) is 10.1. The van der Waals surface area contributed by atoms with Gasteiger partial charge in [0.15, 0.2) is 5.78 Å². The summed E-state index contributed by atoms with van der Waals surface area (Å²) >= 11 is 0. The van der Waals surface area contributed by atoms with E-state index in [1.165, 1.54) is 12.3 Å². The molecule has 0 amide bonds. The fourth-order valence-electron chi connectivity index (χ4n) is 1.52. The normalized spacial score (nSPS) is 16.3. The Morgan fingerprint density at radius 2 is 2.20 bits per heavy atom. The molecule has 1 aromatic heterocycles. The van der Waals surface area contributed by atoms with E-state index in [0.29, 0.717) is 0 Å². The fraction of sp³-hybridized carbons (Fsp3) is 0.250. The molecule has 15 heavy (non-hydrogen) atoms. The number of anilines is 1. The van der Waals surface area contributed by atoms with Crippen molar-refractivity contribution in [3.8, 4) is 0 Å². The molecular weight excluding hydrogens is 218 g/mol. The van der Waals surface area contributed by atoms with Gasteiger partial charge in [0.05, 0.1) is 5.69 Å². The largest absolute Gasteiger partial charge is 0.299 e. The van der Waals surface area contributed by atoms with Gasteiger partial charge >= 0.3 is 0 Å². The summed E-state index contributed by atoms with van der Waals surface area (Å²) in [6.45, 7) is 0.0797. The number of pyridine rings is 1. The topological polar surface area (TPSA) is 93.4 Å². The van der Waals surface area contributed by atoms with Gasteiger partial charge in [-0.3, -0.25) is 14.1 Å². The van der Waals surface area contributed by atoms with Crippen molar-refractivity contribution in [1.29, 1.82) is 0 Å². The number of carbonyl (C=O) groups excluding carboxylic acids is 1. The van der Waals surface area contributed by atoms with Crippen LogP contribution < -0.4 is 9.44 Å². The van der Waals surface area contributed by atoms with Crippen molar-refractivity contribution in [2.75, 3.05) is 10.8 Å². The Balaban J connectivity index is 2.59. The SMILES string of the molecule is NS(=O)(=O)N1CCC(=O)c2ncccc21. The van der Waals surface area contributed by atoms with Gasteiger partial charge in [-0.15, -0.1) is 0 Å². The van der Waals surface area contributed by atoms with Crippen molar-refractivity contribution < 1.29 is 13.2 Å². The van der Waals surface area contributed by atoms with Crippen LogP contribution >= 0.6 is 0 Å². The van der Waals surface area contributed by atoms with Crippen LogP contribution in [0.15, 0.2) is 18.3 Å². The number of Topliss-reactive ketones (excluding diaryl/α,β-unsaturated/α-hetero) is 1. The number of fused-ring (bicyclic) bond motifs is 1. The molecule has 6 nitrogen and oxygen atoms in total. The highest BCUT2D eigenvalue weighted by Gasteiger charge is 2.29. The Labute approximate surface area is 86.9 Å². The molecule has 0 fully saturated rings. The van der Waals surface area contributed by atoms with E-state index >= 15 is 0 Å². The van der Waals surface area contributed by atoms with Crippen LogP contribution in [0.25, 0.3) is 0 Å². The zero-order chi connectivity index (χ0) is 11.1. The van der Waals surface area contributed by atoms with Gasteiger partial charge in [-0.1, -0.05) is 0 Å². The van der Waals surface area contributed by atoms with Crippen molar-refractivity contribution in [3.63, 3.8) is 0 Å². The monoisotopic (exact) mass is 227 g/mol. The number of nitrogens with zero attached hydrogens (tertiary/aromatic N) is 2. The van der Waals surface area contributed by atoms with Crippen LogP contribution in [0.5, 0.6) is 0 Å². The lowest BCUT2D eigenvalue weighted by Crippen LogP contribution is -2.41. The Morgan fingerprint density at radius 1 is 1.47 bits per heavy atom. The lowest BCUT2D eigenvalue weighted by molar-refractivity contribution is 0.0977. The third-order valence-electron chi connectivity index (χ3n) is 2.17. The highest BCUT2D eigenvalue weighted by atomic mass is 32.2. The summed E-state index contributed by atoms with van der Waals surface area (Å²) < 4.78 is 23.4. The minimum absolute atomic E-state index is 0.0797. The van der Waals surface area contributed by atoms with Crippen LogP contribution in [0, 0.1) is 0 Å². The molecule has 1 aliphatic heterocycles. The lowest BCUT2D eigenvalue weighted by atomic mass is 10.1. The van der Waals surface area contributed by atoms with Crippen molar-refractivity contribution >= 4 is 21.7 Å². The second-order valence-corrected chi connectivity index (χ2v) is 4.63. The molecule has 1 aliphatic rings. The summed E-state index contributed by atoms with van der Waals surface area (Å²) in [7, 11) is -3.82. The average Bonchev–Trinajstić information content (AvgIpc) is 2.17. The predicted octanol–water partition coefficient (Wildman–Crippen LogP) is -0.322. The van der Waals surface area contributed by atoms with E-state index < -0.39 is 10.2 Å². The number of aromatic nitrogens is 1. The molecular formula is C8H9N3O3S. The number of hydrogen-bond acceptors (Lipinski definition) is 4. The first-order valence-electron chi connectivity index (χ1n) is 4.29. The summed E-state index contributed by atoms with van der Waals surface area (Å²) in [5.41, 5.74) is 0.425. The van der Waals surface area contributed by atoms with Gasteiger partial charge in [0, 0.05) is 19.2 Å². The number of rotatable bonds is 1. The second-order valence-electron chi connectivity index (χ2n) is 3.16. The molecule has 2 heterocycles. The molecule has 0 saturated heterocycles. The molecule has 7 heteroatoms. The van der Waals surface area contributed by atoms with Crippen molar-refractivity contribution in [3.05, 3.63) is 24.0 Å². The van der Waals surface area contributed by atoms with Crippen LogP contribution in [-0.2, 0) is 10.2 Å². The minimum Gasteiger partial charge on any atom is -0.292 e. The maximum absolute atomic E-state index is 11.4. The van der Waals surface area contributed by atoms with Gasteiger partial charge in [-0.05, 0) is 12.1 Å². The minimum atomic E-state index is -3.82. The maximum atomic E-state index is 11.4. The molecule has 0 unspecified atom stereocenters. The molecule has 0 aromatic carbocycles. The molecule has 1 aromatic rings. The standard InChI is InChI=1S/C8H9N3O3S/c9-15(13,14)11-5-3-7(12)8-6(11)2-1-4-10-8/h1-2,4H,3,5H2,(H2,9,13,14). The lowest BCUT2D eigenvalue weighted by Gasteiger charge is -2.26. The number of nitrogens with two attached hydrogens (primary N) is 1. The zero-order valence-electron chi connectivity index (χ0n) is 7.75. The molecule has 0 bridgehead atoms. The van der Waals surface area contributed by atoms with Gasteiger partial charge in [-0.2, -0.15) is 8.42 Å². The van der Waals surface area contributed by atoms with Gasteiger partial charge in [0.2, 0.25) is 0 Å². The molecule has 0 saturated carbocycles. The highest BCUT2D eigenvalue weighted by molar-refractivity contribution is 7.90. The highest BCUT2D eigenvalue weighted by Crippen LogP contribution is 2.25. The molecule has 2 N–H and O–H groups in total. The van der Waals surface area contributed by atoms with E-state index in [1.807, 2.05) is 0 Å². The second kappa shape index (κ2) is 3.28. The molecule has 0 spiro atoms. The molecule has 80 valence electrons. The Morgan fingerprint density at radius 3 is 2.87 bits per heavy atom. The van der Waals surface area contributed by atoms with Gasteiger partial charge < -0.3 is 0 Å². The molecule has 0 radical (unpaired) electrons. The third-order valence-corrected chi connectivity index (χ3v) is 3.16. The van der Waals surface area contributed by atoms with E-state index in [0.717, 1.165) is 4.31 Å². The van der Waals surface area contributed by atoms with E-state index in [9.17, 15) is 13.2 Å². The summed E-state index contributed by atoms with van der Waals surface area (Å²) in [5.74, 6) is -0.162. The van der Waals surface area contributed by atoms with Crippen LogP contribution in [-0.4, -0.2) is 25.7 Å². The van der Waals surface area contributed by atoms with Crippen molar-refractivity contribution in [2.45, 2.75) is 6.42 Å². The number of hydrogen-bond donors (Lipinski definition) is 1. The smallest absolute Gasteiger partial charge is 0.292 e.